The molecule has 0 aromatic carbocycles. The zero-order valence-electron chi connectivity index (χ0n) is 11.3. The monoisotopic (exact) mass is 280 g/mol. The minimum Gasteiger partial charge on any atom is -0.393 e. The van der Waals surface area contributed by atoms with Crippen molar-refractivity contribution < 1.29 is 28.7 Å². The van der Waals surface area contributed by atoms with Crippen LogP contribution in [0.2, 0.25) is 0 Å². The van der Waals surface area contributed by atoms with Crippen molar-refractivity contribution in [2.24, 2.45) is 23.7 Å². The summed E-state index contributed by atoms with van der Waals surface area (Å²) in [5.74, 6) is -3.39. The third-order valence-electron chi connectivity index (χ3n) is 3.61. The first-order valence-corrected chi connectivity index (χ1v) is 6.56. The summed E-state index contributed by atoms with van der Waals surface area (Å²) in [5, 5.41) is 0. The van der Waals surface area contributed by atoms with Crippen molar-refractivity contribution in [3.05, 3.63) is 12.2 Å². The number of ether oxygens (including phenoxy) is 2. The number of cyclic esters (lactones) is 4. The van der Waals surface area contributed by atoms with Crippen LogP contribution in [-0.2, 0) is 28.7 Å². The van der Waals surface area contributed by atoms with Crippen LogP contribution in [0, 0.1) is 23.7 Å². The molecule has 2 saturated heterocycles. The fourth-order valence-corrected chi connectivity index (χ4v) is 2.51. The van der Waals surface area contributed by atoms with Gasteiger partial charge in [-0.2, -0.15) is 0 Å². The van der Waals surface area contributed by atoms with Gasteiger partial charge in [0.15, 0.2) is 0 Å². The first-order chi connectivity index (χ1) is 9.38. The van der Waals surface area contributed by atoms with Crippen LogP contribution in [0.4, 0.5) is 0 Å². The van der Waals surface area contributed by atoms with Gasteiger partial charge in [0.1, 0.15) is 0 Å². The van der Waals surface area contributed by atoms with E-state index in [4.69, 9.17) is 0 Å². The van der Waals surface area contributed by atoms with Gasteiger partial charge in [-0.1, -0.05) is 26.0 Å². The van der Waals surface area contributed by atoms with E-state index in [9.17, 15) is 19.2 Å². The molecule has 2 aliphatic heterocycles. The van der Waals surface area contributed by atoms with Crippen molar-refractivity contribution in [3.63, 3.8) is 0 Å². The van der Waals surface area contributed by atoms with E-state index in [1.165, 1.54) is 0 Å². The summed E-state index contributed by atoms with van der Waals surface area (Å²) in [6.07, 6.45) is 3.39. The lowest BCUT2D eigenvalue weighted by Crippen LogP contribution is -2.22. The Morgan fingerprint density at radius 2 is 1.60 bits per heavy atom. The first kappa shape index (κ1) is 14.4. The average Bonchev–Trinajstić information content (AvgIpc) is 2.82. The number of hydrogen-bond acceptors (Lipinski definition) is 6. The van der Waals surface area contributed by atoms with Crippen LogP contribution >= 0.6 is 0 Å². The molecule has 0 radical (unpaired) electrons. The summed E-state index contributed by atoms with van der Waals surface area (Å²) in [6, 6.07) is 0. The van der Waals surface area contributed by atoms with Crippen molar-refractivity contribution >= 4 is 23.9 Å². The van der Waals surface area contributed by atoms with Gasteiger partial charge in [-0.15, -0.1) is 0 Å². The molecule has 6 nitrogen and oxygen atoms in total. The van der Waals surface area contributed by atoms with Gasteiger partial charge in [0.2, 0.25) is 0 Å². The highest BCUT2D eigenvalue weighted by Crippen LogP contribution is 2.32. The Morgan fingerprint density at radius 3 is 2.05 bits per heavy atom. The number of carbonyl (C=O) groups is 4. The molecule has 2 rings (SSSR count). The molecule has 0 bridgehead atoms. The lowest BCUT2D eigenvalue weighted by Gasteiger charge is -2.20. The molecule has 0 aliphatic carbocycles. The summed E-state index contributed by atoms with van der Waals surface area (Å²) in [7, 11) is 0. The van der Waals surface area contributed by atoms with E-state index in [0.29, 0.717) is 0 Å². The second kappa shape index (κ2) is 5.56. The Kier molecular flexibility index (Phi) is 4.01. The van der Waals surface area contributed by atoms with E-state index < -0.39 is 35.7 Å². The second-order valence-corrected chi connectivity index (χ2v) is 5.41. The van der Waals surface area contributed by atoms with Crippen LogP contribution in [-0.4, -0.2) is 23.9 Å². The molecule has 0 aromatic rings. The molecular weight excluding hydrogens is 264 g/mol. The number of rotatable bonds is 4. The predicted molar refractivity (Wildman–Crippen MR) is 65.9 cm³/mol. The fraction of sp³-hybridized carbons (Fsp3) is 0.571. The maximum absolute atomic E-state index is 11.6. The molecule has 20 heavy (non-hydrogen) atoms. The Labute approximate surface area is 116 Å². The Bertz CT molecular complexity index is 490. The quantitative estimate of drug-likeness (QED) is 0.433. The molecule has 3 unspecified atom stereocenters. The Hall–Kier alpha value is -1.98. The van der Waals surface area contributed by atoms with Crippen molar-refractivity contribution in [1.29, 1.82) is 0 Å². The summed E-state index contributed by atoms with van der Waals surface area (Å²) in [6.45, 7) is 3.84. The Morgan fingerprint density at radius 1 is 1.00 bits per heavy atom. The molecule has 6 heteroatoms. The third-order valence-corrected chi connectivity index (χ3v) is 3.61. The lowest BCUT2D eigenvalue weighted by atomic mass is 9.81. The summed E-state index contributed by atoms with van der Waals surface area (Å²) >= 11 is 0. The minimum atomic E-state index is -0.600. The minimum absolute atomic E-state index is 0.0220. The van der Waals surface area contributed by atoms with Gasteiger partial charge in [0.05, 0.1) is 24.7 Å². The molecule has 3 atom stereocenters. The van der Waals surface area contributed by atoms with Gasteiger partial charge >= 0.3 is 23.9 Å². The van der Waals surface area contributed by atoms with Gasteiger partial charge in [-0.25, -0.2) is 0 Å². The molecule has 0 N–H and O–H groups in total. The van der Waals surface area contributed by atoms with Gasteiger partial charge in [-0.3, -0.25) is 19.2 Å². The molecule has 0 amide bonds. The summed E-state index contributed by atoms with van der Waals surface area (Å²) < 4.78 is 9.01. The standard InChI is InChI=1S/C14H16O6/c1-7(2)9(10-6-12(16)20-14(10)18)4-3-8-5-11(15)19-13(8)17/h3-4,7-10H,5-6H2,1-2H3. The van der Waals surface area contributed by atoms with E-state index in [2.05, 4.69) is 9.47 Å². The van der Waals surface area contributed by atoms with Crippen LogP contribution in [0.15, 0.2) is 12.2 Å². The Balaban J connectivity index is 2.10. The first-order valence-electron chi connectivity index (χ1n) is 6.56. The third kappa shape index (κ3) is 2.95. The zero-order chi connectivity index (χ0) is 14.9. The van der Waals surface area contributed by atoms with Crippen molar-refractivity contribution in [1.82, 2.24) is 0 Å². The van der Waals surface area contributed by atoms with Gasteiger partial charge < -0.3 is 9.47 Å². The van der Waals surface area contributed by atoms with Gasteiger partial charge in [0, 0.05) is 0 Å². The van der Waals surface area contributed by atoms with Gasteiger partial charge in [-0.05, 0) is 11.8 Å². The maximum atomic E-state index is 11.6. The van der Waals surface area contributed by atoms with Crippen molar-refractivity contribution in [3.8, 4) is 0 Å². The fourth-order valence-electron chi connectivity index (χ4n) is 2.51. The molecule has 0 saturated carbocycles. The predicted octanol–water partition coefficient (Wildman–Crippen LogP) is 0.994. The molecule has 108 valence electrons. The van der Waals surface area contributed by atoms with Gasteiger partial charge in [0.25, 0.3) is 0 Å². The van der Waals surface area contributed by atoms with Crippen LogP contribution in [0.3, 0.4) is 0 Å². The summed E-state index contributed by atoms with van der Waals surface area (Å²) in [5.41, 5.74) is 0. The zero-order valence-corrected chi connectivity index (χ0v) is 11.3. The molecular formula is C14H16O6. The van der Waals surface area contributed by atoms with E-state index in [0.717, 1.165) is 0 Å². The van der Waals surface area contributed by atoms with E-state index in [1.807, 2.05) is 13.8 Å². The molecule has 0 aromatic heterocycles. The second-order valence-electron chi connectivity index (χ2n) is 5.41. The molecule has 2 heterocycles. The lowest BCUT2D eigenvalue weighted by molar-refractivity contribution is -0.154. The van der Waals surface area contributed by atoms with Crippen LogP contribution in [0.5, 0.6) is 0 Å². The SMILES string of the molecule is CC(C)C(C=CC1CC(=O)OC1=O)C1CC(=O)OC1=O. The van der Waals surface area contributed by atoms with Crippen LogP contribution in [0.25, 0.3) is 0 Å². The van der Waals surface area contributed by atoms with Crippen LogP contribution in [0.1, 0.15) is 26.7 Å². The van der Waals surface area contributed by atoms with E-state index in [1.54, 1.807) is 12.2 Å². The molecule has 0 spiro atoms. The topological polar surface area (TPSA) is 86.7 Å². The largest absolute Gasteiger partial charge is 0.393 e. The average molecular weight is 280 g/mol. The highest BCUT2D eigenvalue weighted by molar-refractivity contribution is 5.96. The van der Waals surface area contributed by atoms with Crippen molar-refractivity contribution in [2.75, 3.05) is 0 Å². The highest BCUT2D eigenvalue weighted by Gasteiger charge is 2.40. The molecule has 2 fully saturated rings. The van der Waals surface area contributed by atoms with Crippen molar-refractivity contribution in [2.45, 2.75) is 26.7 Å². The number of esters is 4. The smallest absolute Gasteiger partial charge is 0.321 e. The number of hydrogen-bond donors (Lipinski definition) is 0. The highest BCUT2D eigenvalue weighted by atomic mass is 16.6. The van der Waals surface area contributed by atoms with Crippen LogP contribution < -0.4 is 0 Å². The van der Waals surface area contributed by atoms with E-state index >= 15 is 0 Å². The molecule has 2 aliphatic rings. The maximum Gasteiger partial charge on any atom is 0.321 e. The summed E-state index contributed by atoms with van der Waals surface area (Å²) in [4.78, 5) is 45.1. The number of carbonyl (C=O) groups excluding carboxylic acids is 4. The number of allylic oxidation sites excluding steroid dienone is 1. The van der Waals surface area contributed by atoms with E-state index in [-0.39, 0.29) is 24.7 Å². The normalized spacial score (nSPS) is 28.4.